The molecule has 0 spiro atoms. The van der Waals surface area contributed by atoms with Crippen molar-refractivity contribution in [3.05, 3.63) is 71.0 Å². The summed E-state index contributed by atoms with van der Waals surface area (Å²) >= 11 is 0. The zero-order valence-corrected chi connectivity index (χ0v) is 22.6. The standard InChI is InChI=1S/C28H35N7O2/c1-18-25-19(2)35(32-26(25)27(31-30-18)33(4)5)22-17-21(28(36)34(6)7)13-14-24(22)37-23(15-16-29-3)20-11-9-8-10-12-20/h8-14,17,23,29H,15-16H2,1-7H3. The second kappa shape index (κ2) is 11.0. The molecule has 4 aromatic rings. The monoisotopic (exact) mass is 501 g/mol. The van der Waals surface area contributed by atoms with Crippen molar-refractivity contribution in [1.82, 2.24) is 30.2 Å². The molecule has 1 unspecified atom stereocenters. The van der Waals surface area contributed by atoms with Gasteiger partial charge in [0.1, 0.15) is 23.1 Å². The smallest absolute Gasteiger partial charge is 0.253 e. The fraction of sp³-hybridized carbons (Fsp3) is 0.357. The third-order valence-electron chi connectivity index (χ3n) is 6.35. The molecular formula is C28H35N7O2. The molecule has 4 rings (SSSR count). The zero-order valence-electron chi connectivity index (χ0n) is 22.6. The Morgan fingerprint density at radius 1 is 1.05 bits per heavy atom. The Morgan fingerprint density at radius 3 is 2.43 bits per heavy atom. The number of rotatable bonds is 9. The molecule has 9 nitrogen and oxygen atoms in total. The molecule has 1 amide bonds. The summed E-state index contributed by atoms with van der Waals surface area (Å²) in [5.41, 5.74) is 4.77. The molecule has 2 heterocycles. The summed E-state index contributed by atoms with van der Waals surface area (Å²) in [5, 5.41) is 17.9. The Kier molecular flexibility index (Phi) is 7.73. The Bertz CT molecular complexity index is 1400. The van der Waals surface area contributed by atoms with Crippen LogP contribution in [-0.2, 0) is 0 Å². The molecule has 1 atom stereocenters. The average Bonchev–Trinajstić information content (AvgIpc) is 3.24. The van der Waals surface area contributed by atoms with Crippen LogP contribution in [0, 0.1) is 13.8 Å². The van der Waals surface area contributed by atoms with Crippen molar-refractivity contribution >= 4 is 22.6 Å². The Balaban J connectivity index is 1.91. The minimum Gasteiger partial charge on any atom is -0.483 e. The summed E-state index contributed by atoms with van der Waals surface area (Å²) in [6.45, 7) is 4.73. The fourth-order valence-electron chi connectivity index (χ4n) is 4.41. The summed E-state index contributed by atoms with van der Waals surface area (Å²) in [4.78, 5) is 16.4. The molecule has 37 heavy (non-hydrogen) atoms. The first-order chi connectivity index (χ1) is 17.7. The number of nitrogens with zero attached hydrogens (tertiary/aromatic N) is 6. The number of aryl methyl sites for hydroxylation is 2. The predicted molar refractivity (Wildman–Crippen MR) is 147 cm³/mol. The van der Waals surface area contributed by atoms with Crippen LogP contribution < -0.4 is 15.0 Å². The van der Waals surface area contributed by atoms with E-state index in [-0.39, 0.29) is 12.0 Å². The van der Waals surface area contributed by atoms with Crippen LogP contribution in [0.25, 0.3) is 16.6 Å². The van der Waals surface area contributed by atoms with Crippen LogP contribution in [0.4, 0.5) is 5.82 Å². The lowest BCUT2D eigenvalue weighted by Crippen LogP contribution is -2.22. The van der Waals surface area contributed by atoms with Crippen LogP contribution >= 0.6 is 0 Å². The number of carbonyl (C=O) groups excluding carboxylic acids is 1. The van der Waals surface area contributed by atoms with Gasteiger partial charge in [-0.25, -0.2) is 4.68 Å². The van der Waals surface area contributed by atoms with Gasteiger partial charge in [0.05, 0.1) is 16.8 Å². The molecule has 0 aliphatic carbocycles. The van der Waals surface area contributed by atoms with E-state index in [4.69, 9.17) is 9.84 Å². The Morgan fingerprint density at radius 2 is 1.78 bits per heavy atom. The van der Waals surface area contributed by atoms with Crippen LogP contribution in [-0.4, -0.2) is 72.6 Å². The van der Waals surface area contributed by atoms with Gasteiger partial charge in [0.2, 0.25) is 0 Å². The van der Waals surface area contributed by atoms with E-state index in [1.807, 2.05) is 74.9 Å². The lowest BCUT2D eigenvalue weighted by atomic mass is 10.1. The van der Waals surface area contributed by atoms with Crippen molar-refractivity contribution in [2.75, 3.05) is 46.7 Å². The summed E-state index contributed by atoms with van der Waals surface area (Å²) in [5.74, 6) is 1.23. The molecule has 194 valence electrons. The third-order valence-corrected chi connectivity index (χ3v) is 6.35. The van der Waals surface area contributed by atoms with Gasteiger partial charge in [-0.15, -0.1) is 5.10 Å². The molecular weight excluding hydrogens is 466 g/mol. The van der Waals surface area contributed by atoms with Crippen LogP contribution in [0.15, 0.2) is 48.5 Å². The number of amides is 1. The van der Waals surface area contributed by atoms with Gasteiger partial charge in [0, 0.05) is 40.2 Å². The van der Waals surface area contributed by atoms with Crippen molar-refractivity contribution in [3.8, 4) is 11.4 Å². The quantitative estimate of drug-likeness (QED) is 0.372. The molecule has 0 radical (unpaired) electrons. The van der Waals surface area contributed by atoms with Crippen molar-refractivity contribution in [3.63, 3.8) is 0 Å². The highest BCUT2D eigenvalue weighted by atomic mass is 16.5. The van der Waals surface area contributed by atoms with E-state index >= 15 is 0 Å². The maximum absolute atomic E-state index is 12.9. The molecule has 2 aromatic carbocycles. The van der Waals surface area contributed by atoms with Crippen LogP contribution in [0.3, 0.4) is 0 Å². The molecule has 0 bridgehead atoms. The van der Waals surface area contributed by atoms with E-state index in [2.05, 4.69) is 27.6 Å². The highest BCUT2D eigenvalue weighted by Crippen LogP contribution is 2.35. The number of benzene rings is 2. The number of hydrogen-bond donors (Lipinski definition) is 1. The van der Waals surface area contributed by atoms with Crippen LogP contribution in [0.5, 0.6) is 5.75 Å². The van der Waals surface area contributed by atoms with E-state index in [1.54, 1.807) is 25.1 Å². The zero-order chi connectivity index (χ0) is 26.7. The molecule has 0 saturated carbocycles. The number of carbonyl (C=O) groups is 1. The third kappa shape index (κ3) is 5.27. The first kappa shape index (κ1) is 26.1. The number of hydrogen-bond acceptors (Lipinski definition) is 7. The predicted octanol–water partition coefficient (Wildman–Crippen LogP) is 3.93. The van der Waals surface area contributed by atoms with E-state index in [9.17, 15) is 4.79 Å². The van der Waals surface area contributed by atoms with Gasteiger partial charge in [-0.2, -0.15) is 10.2 Å². The molecule has 1 N–H and O–H groups in total. The lowest BCUT2D eigenvalue weighted by molar-refractivity contribution is 0.0827. The van der Waals surface area contributed by atoms with Gasteiger partial charge in [-0.05, 0) is 51.2 Å². The number of ether oxygens (including phenoxy) is 1. The van der Waals surface area contributed by atoms with Crippen LogP contribution in [0.2, 0.25) is 0 Å². The number of anilines is 1. The average molecular weight is 502 g/mol. The summed E-state index contributed by atoms with van der Waals surface area (Å²) in [6.07, 6.45) is 0.589. The maximum Gasteiger partial charge on any atom is 0.253 e. The minimum absolute atomic E-state index is 0.0922. The first-order valence-corrected chi connectivity index (χ1v) is 12.3. The Labute approximate surface area is 218 Å². The van der Waals surface area contributed by atoms with E-state index in [0.29, 0.717) is 22.8 Å². The maximum atomic E-state index is 12.9. The van der Waals surface area contributed by atoms with Crippen LogP contribution in [0.1, 0.15) is 39.8 Å². The first-order valence-electron chi connectivity index (χ1n) is 12.3. The van der Waals surface area contributed by atoms with Crippen molar-refractivity contribution in [2.24, 2.45) is 0 Å². The van der Waals surface area contributed by atoms with Gasteiger partial charge >= 0.3 is 0 Å². The van der Waals surface area contributed by atoms with Gasteiger partial charge in [-0.1, -0.05) is 30.3 Å². The summed E-state index contributed by atoms with van der Waals surface area (Å²) in [6, 6.07) is 15.7. The number of nitrogens with one attached hydrogen (secondary N) is 1. The Hall–Kier alpha value is -3.98. The van der Waals surface area contributed by atoms with Crippen molar-refractivity contribution in [1.29, 1.82) is 0 Å². The molecule has 2 aromatic heterocycles. The largest absolute Gasteiger partial charge is 0.483 e. The van der Waals surface area contributed by atoms with E-state index < -0.39 is 0 Å². The highest BCUT2D eigenvalue weighted by molar-refractivity contribution is 5.95. The minimum atomic E-state index is -0.185. The van der Waals surface area contributed by atoms with Gasteiger partial charge in [0.15, 0.2) is 5.82 Å². The molecule has 0 fully saturated rings. The van der Waals surface area contributed by atoms with Gasteiger partial charge < -0.3 is 19.9 Å². The van der Waals surface area contributed by atoms with Gasteiger partial charge in [-0.3, -0.25) is 4.79 Å². The second-order valence-corrected chi connectivity index (χ2v) is 9.52. The molecule has 0 saturated heterocycles. The molecule has 0 aliphatic rings. The highest BCUT2D eigenvalue weighted by Gasteiger charge is 2.23. The molecule has 9 heteroatoms. The SMILES string of the molecule is CNCCC(Oc1ccc(C(=O)N(C)C)cc1-n1nc2c(N(C)C)nnc(C)c2c1C)c1ccccc1. The second-order valence-electron chi connectivity index (χ2n) is 9.52. The normalized spacial score (nSPS) is 12.0. The summed E-state index contributed by atoms with van der Waals surface area (Å²) < 4.78 is 8.52. The topological polar surface area (TPSA) is 88.4 Å². The molecule has 0 aliphatic heterocycles. The summed E-state index contributed by atoms with van der Waals surface area (Å²) in [7, 11) is 9.26. The van der Waals surface area contributed by atoms with E-state index in [0.717, 1.165) is 40.8 Å². The van der Waals surface area contributed by atoms with Crippen molar-refractivity contribution in [2.45, 2.75) is 26.4 Å². The van der Waals surface area contributed by atoms with Gasteiger partial charge in [0.25, 0.3) is 5.91 Å². The fourth-order valence-corrected chi connectivity index (χ4v) is 4.41. The van der Waals surface area contributed by atoms with Crippen molar-refractivity contribution < 1.29 is 9.53 Å². The van der Waals surface area contributed by atoms with E-state index in [1.165, 1.54) is 0 Å². The lowest BCUT2D eigenvalue weighted by Gasteiger charge is -2.22. The number of fused-ring (bicyclic) bond motifs is 1. The number of aromatic nitrogens is 4.